The molecule has 0 radical (unpaired) electrons. The summed E-state index contributed by atoms with van der Waals surface area (Å²) in [5.41, 5.74) is 1.12. The lowest BCUT2D eigenvalue weighted by Gasteiger charge is -2.16. The Kier molecular flexibility index (Phi) is 5.27. The van der Waals surface area contributed by atoms with Gasteiger partial charge in [-0.2, -0.15) is 5.26 Å². The average Bonchev–Trinajstić information content (AvgIpc) is 2.65. The Morgan fingerprint density at radius 3 is 2.50 bits per heavy atom. The number of aromatic nitrogens is 1. The van der Waals surface area contributed by atoms with Crippen LogP contribution in [0.5, 0.6) is 0 Å². The maximum Gasteiger partial charge on any atom is 0.185 e. The Morgan fingerprint density at radius 1 is 1.31 bits per heavy atom. The zero-order valence-electron chi connectivity index (χ0n) is 10.3. The van der Waals surface area contributed by atoms with E-state index in [1.54, 1.807) is 11.3 Å². The number of hydrogen-bond acceptors (Lipinski definition) is 4. The van der Waals surface area contributed by atoms with Crippen LogP contribution < -0.4 is 4.90 Å². The van der Waals surface area contributed by atoms with Crippen LogP contribution in [-0.4, -0.2) is 18.1 Å². The van der Waals surface area contributed by atoms with E-state index in [1.165, 1.54) is 0 Å². The quantitative estimate of drug-likeness (QED) is 0.763. The summed E-state index contributed by atoms with van der Waals surface area (Å²) in [6, 6.07) is 2.22. The van der Waals surface area contributed by atoms with E-state index >= 15 is 0 Å². The third-order valence-electron chi connectivity index (χ3n) is 2.53. The van der Waals surface area contributed by atoms with Gasteiger partial charge in [0.2, 0.25) is 0 Å². The van der Waals surface area contributed by atoms with Crippen molar-refractivity contribution in [3.05, 3.63) is 10.6 Å². The van der Waals surface area contributed by atoms with Crippen LogP contribution in [0.3, 0.4) is 0 Å². The zero-order chi connectivity index (χ0) is 12.0. The molecule has 0 aliphatic carbocycles. The van der Waals surface area contributed by atoms with E-state index in [-0.39, 0.29) is 0 Å². The highest BCUT2D eigenvalue weighted by Crippen LogP contribution is 2.27. The summed E-state index contributed by atoms with van der Waals surface area (Å²) in [4.78, 5) is 8.04. The molecule has 16 heavy (non-hydrogen) atoms. The average molecular weight is 237 g/mol. The summed E-state index contributed by atoms with van der Waals surface area (Å²) in [6.45, 7) is 8.36. The lowest BCUT2D eigenvalue weighted by molar-refractivity contribution is 0.837. The molecular weight excluding hydrogens is 218 g/mol. The third kappa shape index (κ3) is 2.96. The monoisotopic (exact) mass is 237 g/mol. The molecule has 0 atom stereocenters. The summed E-state index contributed by atoms with van der Waals surface area (Å²) in [5.74, 6) is 0. The second-order valence-corrected chi connectivity index (χ2v) is 4.69. The fraction of sp³-hybridized carbons (Fsp3) is 0.667. The SMILES string of the molecule is CCCc1nc(N(CC)CC)sc1CC#N. The molecule has 0 unspecified atom stereocenters. The minimum atomic E-state index is 0.494. The van der Waals surface area contributed by atoms with Crippen molar-refractivity contribution in [1.82, 2.24) is 4.98 Å². The van der Waals surface area contributed by atoms with Gasteiger partial charge in [-0.05, 0) is 20.3 Å². The first-order valence-corrected chi connectivity index (χ1v) is 6.68. The Morgan fingerprint density at radius 2 is 2.00 bits per heavy atom. The largest absolute Gasteiger partial charge is 0.349 e. The molecule has 4 heteroatoms. The van der Waals surface area contributed by atoms with E-state index in [0.717, 1.165) is 41.6 Å². The number of nitriles is 1. The van der Waals surface area contributed by atoms with Crippen molar-refractivity contribution in [1.29, 1.82) is 5.26 Å². The van der Waals surface area contributed by atoms with Gasteiger partial charge in [-0.25, -0.2) is 4.98 Å². The van der Waals surface area contributed by atoms with Crippen molar-refractivity contribution in [3.63, 3.8) is 0 Å². The molecule has 0 aliphatic rings. The van der Waals surface area contributed by atoms with E-state index < -0.39 is 0 Å². The number of hydrogen-bond donors (Lipinski definition) is 0. The summed E-state index contributed by atoms with van der Waals surface area (Å²) in [5, 5.41) is 9.86. The highest BCUT2D eigenvalue weighted by molar-refractivity contribution is 7.15. The van der Waals surface area contributed by atoms with Crippen molar-refractivity contribution in [2.24, 2.45) is 0 Å². The summed E-state index contributed by atoms with van der Waals surface area (Å²) >= 11 is 1.67. The molecule has 1 aromatic rings. The number of nitrogens with zero attached hydrogens (tertiary/aromatic N) is 3. The van der Waals surface area contributed by atoms with Crippen molar-refractivity contribution >= 4 is 16.5 Å². The number of thiazole rings is 1. The van der Waals surface area contributed by atoms with E-state index in [0.29, 0.717) is 6.42 Å². The van der Waals surface area contributed by atoms with Crippen LogP contribution in [0.15, 0.2) is 0 Å². The summed E-state index contributed by atoms with van der Waals surface area (Å²) < 4.78 is 0. The van der Waals surface area contributed by atoms with Gasteiger partial charge in [0.15, 0.2) is 5.13 Å². The van der Waals surface area contributed by atoms with Gasteiger partial charge < -0.3 is 4.90 Å². The smallest absolute Gasteiger partial charge is 0.185 e. The first-order chi connectivity index (χ1) is 7.76. The maximum atomic E-state index is 8.79. The molecule has 3 nitrogen and oxygen atoms in total. The number of anilines is 1. The van der Waals surface area contributed by atoms with Crippen molar-refractivity contribution in [3.8, 4) is 6.07 Å². The second kappa shape index (κ2) is 6.49. The fourth-order valence-electron chi connectivity index (χ4n) is 1.64. The van der Waals surface area contributed by atoms with Crippen LogP contribution in [0.4, 0.5) is 5.13 Å². The minimum Gasteiger partial charge on any atom is -0.349 e. The molecule has 0 aromatic carbocycles. The first kappa shape index (κ1) is 13.0. The predicted molar refractivity (Wildman–Crippen MR) is 69.0 cm³/mol. The lowest BCUT2D eigenvalue weighted by Crippen LogP contribution is -2.21. The van der Waals surface area contributed by atoms with Crippen LogP contribution in [0, 0.1) is 11.3 Å². The molecular formula is C12H19N3S. The Labute approximate surface area is 102 Å². The van der Waals surface area contributed by atoms with Crippen LogP contribution in [-0.2, 0) is 12.8 Å². The second-order valence-electron chi connectivity index (χ2n) is 3.62. The molecule has 0 spiro atoms. The van der Waals surface area contributed by atoms with Crippen molar-refractivity contribution < 1.29 is 0 Å². The molecule has 0 bridgehead atoms. The standard InChI is InChI=1S/C12H19N3S/c1-4-7-10-11(8-9-13)16-12(14-10)15(5-2)6-3/h4-8H2,1-3H3. The van der Waals surface area contributed by atoms with Crippen LogP contribution in [0.2, 0.25) is 0 Å². The normalized spacial score (nSPS) is 10.1. The number of aryl methyl sites for hydroxylation is 1. The first-order valence-electron chi connectivity index (χ1n) is 5.87. The molecule has 1 aromatic heterocycles. The highest BCUT2D eigenvalue weighted by atomic mass is 32.1. The van der Waals surface area contributed by atoms with Crippen LogP contribution in [0.1, 0.15) is 37.8 Å². The molecule has 0 N–H and O–H groups in total. The Balaban J connectivity index is 2.95. The van der Waals surface area contributed by atoms with Crippen molar-refractivity contribution in [2.75, 3.05) is 18.0 Å². The van der Waals surface area contributed by atoms with E-state index in [9.17, 15) is 0 Å². The van der Waals surface area contributed by atoms with Gasteiger partial charge in [0, 0.05) is 18.0 Å². The van der Waals surface area contributed by atoms with E-state index in [4.69, 9.17) is 5.26 Å². The Bertz CT molecular complexity index is 361. The van der Waals surface area contributed by atoms with Gasteiger partial charge in [-0.3, -0.25) is 0 Å². The van der Waals surface area contributed by atoms with Gasteiger partial charge in [0.1, 0.15) is 0 Å². The third-order valence-corrected chi connectivity index (χ3v) is 3.69. The highest BCUT2D eigenvalue weighted by Gasteiger charge is 2.13. The molecule has 1 rings (SSSR count). The van der Waals surface area contributed by atoms with Gasteiger partial charge in [0.05, 0.1) is 18.2 Å². The Hall–Kier alpha value is -1.08. The predicted octanol–water partition coefficient (Wildman–Crippen LogP) is 3.01. The molecule has 0 saturated heterocycles. The molecule has 1 heterocycles. The zero-order valence-corrected chi connectivity index (χ0v) is 11.1. The van der Waals surface area contributed by atoms with Crippen LogP contribution in [0.25, 0.3) is 0 Å². The van der Waals surface area contributed by atoms with Crippen molar-refractivity contribution in [2.45, 2.75) is 40.0 Å². The van der Waals surface area contributed by atoms with Crippen LogP contribution >= 0.6 is 11.3 Å². The van der Waals surface area contributed by atoms with Gasteiger partial charge in [-0.1, -0.05) is 13.3 Å². The topological polar surface area (TPSA) is 39.9 Å². The summed E-state index contributed by atoms with van der Waals surface area (Å²) in [7, 11) is 0. The molecule has 0 fully saturated rings. The maximum absolute atomic E-state index is 8.79. The van der Waals surface area contributed by atoms with E-state index in [2.05, 4.69) is 36.7 Å². The molecule has 0 saturated carbocycles. The van der Waals surface area contributed by atoms with Gasteiger partial charge in [0.25, 0.3) is 0 Å². The summed E-state index contributed by atoms with van der Waals surface area (Å²) in [6.07, 6.45) is 2.56. The van der Waals surface area contributed by atoms with Gasteiger partial charge >= 0.3 is 0 Å². The molecule has 0 amide bonds. The molecule has 0 aliphatic heterocycles. The molecule has 88 valence electrons. The van der Waals surface area contributed by atoms with Gasteiger partial charge in [-0.15, -0.1) is 11.3 Å². The van der Waals surface area contributed by atoms with E-state index in [1.807, 2.05) is 0 Å². The minimum absolute atomic E-state index is 0.494. The lowest BCUT2D eigenvalue weighted by atomic mass is 10.2. The number of rotatable bonds is 6. The fourth-order valence-corrected chi connectivity index (χ4v) is 2.81.